The second-order valence-corrected chi connectivity index (χ2v) is 7.40. The minimum Gasteiger partial charge on any atom is -0.481 e. The fourth-order valence-electron chi connectivity index (χ4n) is 4.16. The molecule has 0 spiro atoms. The summed E-state index contributed by atoms with van der Waals surface area (Å²) in [4.78, 5) is 24.6. The lowest BCUT2D eigenvalue weighted by molar-refractivity contribution is -0.152. The number of hydrogen-bond donors (Lipinski definition) is 1. The van der Waals surface area contributed by atoms with Crippen molar-refractivity contribution in [2.24, 2.45) is 23.7 Å². The maximum Gasteiger partial charge on any atom is 0.307 e. The van der Waals surface area contributed by atoms with E-state index in [9.17, 15) is 14.7 Å². The molecule has 4 atom stereocenters. The van der Waals surface area contributed by atoms with Crippen molar-refractivity contribution >= 4 is 11.8 Å². The quantitative estimate of drug-likeness (QED) is 0.909. The molecule has 3 nitrogen and oxygen atoms in total. The highest BCUT2D eigenvalue weighted by molar-refractivity contribution is 5.88. The number of Topliss-reactive ketones (excluding diaryl/α,β-unsaturated/α-hetero) is 1. The molecule has 1 saturated carbocycles. The number of aliphatic carboxylic acids is 1. The normalized spacial score (nSPS) is 27.7. The molecule has 1 aromatic carbocycles. The zero-order valence-electron chi connectivity index (χ0n) is 14.8. The van der Waals surface area contributed by atoms with Crippen LogP contribution in [0.5, 0.6) is 0 Å². The fourth-order valence-corrected chi connectivity index (χ4v) is 4.16. The predicted octanol–water partition coefficient (Wildman–Crippen LogP) is 4.11. The Balaban J connectivity index is 2.24. The van der Waals surface area contributed by atoms with Crippen molar-refractivity contribution in [1.82, 2.24) is 0 Å². The Morgan fingerprint density at radius 3 is 2.17 bits per heavy atom. The molecule has 4 unspecified atom stereocenters. The molecule has 0 aliphatic heterocycles. The van der Waals surface area contributed by atoms with Crippen molar-refractivity contribution in [1.29, 1.82) is 0 Å². The van der Waals surface area contributed by atoms with Crippen molar-refractivity contribution in [2.75, 3.05) is 0 Å². The Morgan fingerprint density at radius 1 is 1.09 bits per heavy atom. The molecular formula is C20H28O3. The molecule has 2 rings (SSSR count). The van der Waals surface area contributed by atoms with Gasteiger partial charge in [-0.2, -0.15) is 0 Å². The van der Waals surface area contributed by atoms with Gasteiger partial charge in [-0.15, -0.1) is 0 Å². The lowest BCUT2D eigenvalue weighted by atomic mass is 9.66. The van der Waals surface area contributed by atoms with Crippen LogP contribution in [0, 0.1) is 44.4 Å². The molecule has 3 heteroatoms. The number of carboxylic acid groups (broad SMARTS) is 1. The molecule has 0 amide bonds. The average molecular weight is 316 g/mol. The van der Waals surface area contributed by atoms with Gasteiger partial charge in [-0.1, -0.05) is 31.5 Å². The predicted molar refractivity (Wildman–Crippen MR) is 91.5 cm³/mol. The van der Waals surface area contributed by atoms with Gasteiger partial charge in [-0.25, -0.2) is 0 Å². The summed E-state index contributed by atoms with van der Waals surface area (Å²) in [6, 6.07) is 4.19. The van der Waals surface area contributed by atoms with E-state index < -0.39 is 11.9 Å². The van der Waals surface area contributed by atoms with E-state index >= 15 is 0 Å². The summed E-state index contributed by atoms with van der Waals surface area (Å²) in [6.45, 7) is 10.2. The van der Waals surface area contributed by atoms with Gasteiger partial charge in [-0.05, 0) is 62.1 Å². The largest absolute Gasteiger partial charge is 0.481 e. The monoisotopic (exact) mass is 316 g/mol. The number of carbonyl (C=O) groups is 2. The molecule has 1 fully saturated rings. The molecule has 23 heavy (non-hydrogen) atoms. The highest BCUT2D eigenvalue weighted by atomic mass is 16.4. The van der Waals surface area contributed by atoms with Crippen LogP contribution in [0.15, 0.2) is 12.1 Å². The lowest BCUT2D eigenvalue weighted by Gasteiger charge is -2.37. The Kier molecular flexibility index (Phi) is 5.28. The first-order chi connectivity index (χ1) is 10.7. The summed E-state index contributed by atoms with van der Waals surface area (Å²) in [5, 5.41) is 9.61. The smallest absolute Gasteiger partial charge is 0.307 e. The van der Waals surface area contributed by atoms with E-state index in [0.717, 1.165) is 23.1 Å². The molecule has 1 aliphatic rings. The number of benzene rings is 1. The van der Waals surface area contributed by atoms with Gasteiger partial charge in [0.15, 0.2) is 0 Å². The van der Waals surface area contributed by atoms with E-state index in [2.05, 4.69) is 26.0 Å². The Morgan fingerprint density at radius 2 is 1.65 bits per heavy atom. The van der Waals surface area contributed by atoms with Crippen LogP contribution in [0.2, 0.25) is 0 Å². The standard InChI is InChI=1S/C20H28O3/c1-11-8-13(3)17(14(4)9-11)10-18(21)16-7-6-12(2)15(5)19(16)20(22)23/h8-9,12,15-16,19H,6-7,10H2,1-5H3,(H,22,23). The van der Waals surface area contributed by atoms with Crippen molar-refractivity contribution < 1.29 is 14.7 Å². The Bertz CT molecular complexity index is 594. The summed E-state index contributed by atoms with van der Waals surface area (Å²) >= 11 is 0. The second-order valence-electron chi connectivity index (χ2n) is 7.40. The summed E-state index contributed by atoms with van der Waals surface area (Å²) in [5.41, 5.74) is 4.51. The molecule has 1 aliphatic carbocycles. The molecule has 0 radical (unpaired) electrons. The molecular weight excluding hydrogens is 288 g/mol. The molecule has 126 valence electrons. The molecule has 0 bridgehead atoms. The topological polar surface area (TPSA) is 54.4 Å². The third kappa shape index (κ3) is 3.65. The van der Waals surface area contributed by atoms with E-state index in [-0.39, 0.29) is 17.6 Å². The maximum absolute atomic E-state index is 12.9. The minimum absolute atomic E-state index is 0.0513. The Hall–Kier alpha value is -1.64. The van der Waals surface area contributed by atoms with Crippen LogP contribution in [0.25, 0.3) is 0 Å². The van der Waals surface area contributed by atoms with Crippen molar-refractivity contribution in [3.05, 3.63) is 34.4 Å². The van der Waals surface area contributed by atoms with Gasteiger partial charge in [0.05, 0.1) is 5.92 Å². The van der Waals surface area contributed by atoms with Crippen LogP contribution in [0.3, 0.4) is 0 Å². The van der Waals surface area contributed by atoms with Gasteiger partial charge in [0.1, 0.15) is 5.78 Å². The average Bonchev–Trinajstić information content (AvgIpc) is 2.44. The second kappa shape index (κ2) is 6.86. The number of carboxylic acids is 1. The van der Waals surface area contributed by atoms with Gasteiger partial charge in [0.25, 0.3) is 0 Å². The highest BCUT2D eigenvalue weighted by Gasteiger charge is 2.42. The van der Waals surface area contributed by atoms with Gasteiger partial charge in [0, 0.05) is 12.3 Å². The maximum atomic E-state index is 12.9. The lowest BCUT2D eigenvalue weighted by Crippen LogP contribution is -2.41. The highest BCUT2D eigenvalue weighted by Crippen LogP contribution is 2.39. The van der Waals surface area contributed by atoms with Crippen molar-refractivity contribution in [3.63, 3.8) is 0 Å². The molecule has 0 saturated heterocycles. The van der Waals surface area contributed by atoms with Crippen molar-refractivity contribution in [3.8, 4) is 0 Å². The Labute approximate surface area is 139 Å². The number of hydrogen-bond acceptors (Lipinski definition) is 2. The van der Waals surface area contributed by atoms with Crippen LogP contribution < -0.4 is 0 Å². The molecule has 1 aromatic rings. The number of carbonyl (C=O) groups excluding carboxylic acids is 1. The summed E-state index contributed by atoms with van der Waals surface area (Å²) < 4.78 is 0. The molecule has 0 heterocycles. The van der Waals surface area contributed by atoms with E-state index in [4.69, 9.17) is 0 Å². The summed E-state index contributed by atoms with van der Waals surface area (Å²) in [6.07, 6.45) is 1.99. The van der Waals surface area contributed by atoms with Gasteiger partial charge in [-0.3, -0.25) is 9.59 Å². The van der Waals surface area contributed by atoms with Crippen LogP contribution >= 0.6 is 0 Å². The first-order valence-electron chi connectivity index (χ1n) is 8.54. The van der Waals surface area contributed by atoms with Gasteiger partial charge in [0.2, 0.25) is 0 Å². The minimum atomic E-state index is -0.820. The number of rotatable bonds is 4. The number of aryl methyl sites for hydroxylation is 3. The first kappa shape index (κ1) is 17.7. The van der Waals surface area contributed by atoms with E-state index in [1.54, 1.807) is 0 Å². The SMILES string of the molecule is Cc1cc(C)c(CC(=O)C2CCC(C)C(C)C2C(=O)O)c(C)c1. The van der Waals surface area contributed by atoms with Gasteiger partial charge < -0.3 is 5.11 Å². The van der Waals surface area contributed by atoms with Crippen LogP contribution in [0.4, 0.5) is 0 Å². The third-order valence-electron chi connectivity index (χ3n) is 5.72. The fraction of sp³-hybridized carbons (Fsp3) is 0.600. The van der Waals surface area contributed by atoms with Crippen LogP contribution in [-0.2, 0) is 16.0 Å². The zero-order chi connectivity index (χ0) is 17.3. The van der Waals surface area contributed by atoms with Crippen LogP contribution in [0.1, 0.15) is 48.9 Å². The molecule has 0 aromatic heterocycles. The van der Waals surface area contributed by atoms with E-state index in [1.165, 1.54) is 5.56 Å². The van der Waals surface area contributed by atoms with E-state index in [1.807, 2.05) is 20.8 Å². The van der Waals surface area contributed by atoms with Crippen molar-refractivity contribution in [2.45, 2.75) is 53.9 Å². The molecule has 1 N–H and O–H groups in total. The van der Waals surface area contributed by atoms with Gasteiger partial charge >= 0.3 is 5.97 Å². The summed E-state index contributed by atoms with van der Waals surface area (Å²) in [5.74, 6) is -1.21. The summed E-state index contributed by atoms with van der Waals surface area (Å²) in [7, 11) is 0. The zero-order valence-corrected chi connectivity index (χ0v) is 14.8. The van der Waals surface area contributed by atoms with Crippen LogP contribution in [-0.4, -0.2) is 16.9 Å². The first-order valence-corrected chi connectivity index (χ1v) is 8.54. The number of ketones is 1. The van der Waals surface area contributed by atoms with E-state index in [0.29, 0.717) is 18.8 Å². The third-order valence-corrected chi connectivity index (χ3v) is 5.72.